The summed E-state index contributed by atoms with van der Waals surface area (Å²) in [6.07, 6.45) is 0. The number of H-pyrrole nitrogens is 1. The van der Waals surface area contributed by atoms with Crippen molar-refractivity contribution in [2.75, 3.05) is 5.73 Å². The predicted molar refractivity (Wildman–Crippen MR) is 62.5 cm³/mol. The minimum atomic E-state index is 0.394. The first-order chi connectivity index (χ1) is 7.20. The maximum atomic E-state index is 5.87. The van der Waals surface area contributed by atoms with Crippen LogP contribution in [-0.4, -0.2) is 10.2 Å². The van der Waals surface area contributed by atoms with Crippen molar-refractivity contribution >= 4 is 5.82 Å². The summed E-state index contributed by atoms with van der Waals surface area (Å²) >= 11 is 0. The van der Waals surface area contributed by atoms with Crippen LogP contribution in [0.1, 0.15) is 25.5 Å². The van der Waals surface area contributed by atoms with Crippen molar-refractivity contribution < 1.29 is 0 Å². The highest BCUT2D eigenvalue weighted by molar-refractivity contribution is 5.76. The maximum absolute atomic E-state index is 5.87. The number of hydrogen-bond acceptors (Lipinski definition) is 2. The molecule has 3 N–H and O–H groups in total. The molecule has 3 nitrogen and oxygen atoms in total. The number of aromatic amines is 1. The van der Waals surface area contributed by atoms with Crippen LogP contribution in [0.15, 0.2) is 30.3 Å². The van der Waals surface area contributed by atoms with Gasteiger partial charge < -0.3 is 5.73 Å². The van der Waals surface area contributed by atoms with Gasteiger partial charge in [0.1, 0.15) is 0 Å². The lowest BCUT2D eigenvalue weighted by atomic mass is 9.99. The summed E-state index contributed by atoms with van der Waals surface area (Å²) in [5.74, 6) is 0.968. The van der Waals surface area contributed by atoms with Crippen LogP contribution in [0.2, 0.25) is 0 Å². The minimum Gasteiger partial charge on any atom is -0.382 e. The fraction of sp³-hybridized carbons (Fsp3) is 0.250. The third kappa shape index (κ3) is 1.73. The van der Waals surface area contributed by atoms with E-state index in [0.717, 1.165) is 16.8 Å². The summed E-state index contributed by atoms with van der Waals surface area (Å²) < 4.78 is 0. The summed E-state index contributed by atoms with van der Waals surface area (Å²) in [5.41, 5.74) is 9.12. The van der Waals surface area contributed by atoms with Gasteiger partial charge in [0.2, 0.25) is 0 Å². The van der Waals surface area contributed by atoms with Crippen molar-refractivity contribution in [3.8, 4) is 11.1 Å². The Morgan fingerprint density at radius 3 is 2.47 bits per heavy atom. The third-order valence-corrected chi connectivity index (χ3v) is 2.46. The number of rotatable bonds is 2. The first-order valence-electron chi connectivity index (χ1n) is 5.09. The Morgan fingerprint density at radius 2 is 1.87 bits per heavy atom. The highest BCUT2D eigenvalue weighted by atomic mass is 15.2. The first kappa shape index (κ1) is 9.77. The van der Waals surface area contributed by atoms with Gasteiger partial charge in [-0.05, 0) is 11.5 Å². The second kappa shape index (κ2) is 3.77. The van der Waals surface area contributed by atoms with Crippen LogP contribution in [0.3, 0.4) is 0 Å². The molecular weight excluding hydrogens is 186 g/mol. The molecule has 0 amide bonds. The summed E-state index contributed by atoms with van der Waals surface area (Å²) in [7, 11) is 0. The quantitative estimate of drug-likeness (QED) is 0.785. The number of hydrogen-bond donors (Lipinski definition) is 2. The molecule has 0 radical (unpaired) electrons. The third-order valence-electron chi connectivity index (χ3n) is 2.46. The van der Waals surface area contributed by atoms with E-state index in [0.29, 0.717) is 11.7 Å². The molecule has 0 aliphatic heterocycles. The Labute approximate surface area is 89.3 Å². The van der Waals surface area contributed by atoms with Crippen LogP contribution in [0.25, 0.3) is 11.1 Å². The molecule has 2 rings (SSSR count). The molecule has 15 heavy (non-hydrogen) atoms. The molecule has 0 fully saturated rings. The molecule has 3 heteroatoms. The zero-order valence-corrected chi connectivity index (χ0v) is 8.99. The van der Waals surface area contributed by atoms with Crippen LogP contribution >= 0.6 is 0 Å². The van der Waals surface area contributed by atoms with Gasteiger partial charge in [0.05, 0.1) is 0 Å². The van der Waals surface area contributed by atoms with Gasteiger partial charge in [-0.15, -0.1) is 0 Å². The van der Waals surface area contributed by atoms with E-state index in [9.17, 15) is 0 Å². The normalized spacial score (nSPS) is 10.9. The number of nitrogen functional groups attached to an aromatic ring is 1. The molecule has 0 unspecified atom stereocenters. The molecule has 0 aliphatic rings. The maximum Gasteiger partial charge on any atom is 0.153 e. The summed E-state index contributed by atoms with van der Waals surface area (Å²) in [4.78, 5) is 0. The molecule has 2 aromatic rings. The Hall–Kier alpha value is -1.77. The minimum absolute atomic E-state index is 0.394. The second-order valence-corrected chi connectivity index (χ2v) is 3.92. The summed E-state index contributed by atoms with van der Waals surface area (Å²) in [5, 5.41) is 7.06. The Morgan fingerprint density at radius 1 is 1.20 bits per heavy atom. The zero-order chi connectivity index (χ0) is 10.8. The average Bonchev–Trinajstić information content (AvgIpc) is 2.61. The fourth-order valence-corrected chi connectivity index (χ4v) is 1.70. The van der Waals surface area contributed by atoms with E-state index in [4.69, 9.17) is 5.73 Å². The zero-order valence-electron chi connectivity index (χ0n) is 8.99. The number of anilines is 1. The van der Waals surface area contributed by atoms with Crippen molar-refractivity contribution in [2.24, 2.45) is 0 Å². The SMILES string of the molecule is CC(C)c1[nH]nc(N)c1-c1ccccc1. The van der Waals surface area contributed by atoms with Gasteiger partial charge in [-0.1, -0.05) is 44.2 Å². The number of nitrogens with one attached hydrogen (secondary N) is 1. The lowest BCUT2D eigenvalue weighted by molar-refractivity contribution is 0.812. The topological polar surface area (TPSA) is 54.7 Å². The lowest BCUT2D eigenvalue weighted by Gasteiger charge is -2.06. The largest absolute Gasteiger partial charge is 0.382 e. The second-order valence-electron chi connectivity index (χ2n) is 3.92. The number of nitrogens with two attached hydrogens (primary N) is 1. The van der Waals surface area contributed by atoms with Crippen molar-refractivity contribution in [3.63, 3.8) is 0 Å². The molecule has 1 aromatic heterocycles. The molecule has 1 aromatic carbocycles. The van der Waals surface area contributed by atoms with E-state index in [1.54, 1.807) is 0 Å². The molecule has 0 bridgehead atoms. The first-order valence-corrected chi connectivity index (χ1v) is 5.09. The van der Waals surface area contributed by atoms with E-state index in [-0.39, 0.29) is 0 Å². The van der Waals surface area contributed by atoms with Gasteiger partial charge in [-0.3, -0.25) is 5.10 Å². The van der Waals surface area contributed by atoms with E-state index >= 15 is 0 Å². The van der Waals surface area contributed by atoms with E-state index in [1.807, 2.05) is 30.3 Å². The van der Waals surface area contributed by atoms with E-state index in [2.05, 4.69) is 24.0 Å². The van der Waals surface area contributed by atoms with Crippen LogP contribution < -0.4 is 5.73 Å². The van der Waals surface area contributed by atoms with Crippen molar-refractivity contribution in [1.82, 2.24) is 10.2 Å². The molecule has 0 aliphatic carbocycles. The molecule has 0 atom stereocenters. The molecule has 78 valence electrons. The van der Waals surface area contributed by atoms with Crippen molar-refractivity contribution in [3.05, 3.63) is 36.0 Å². The lowest BCUT2D eigenvalue weighted by Crippen LogP contribution is -1.92. The fourth-order valence-electron chi connectivity index (χ4n) is 1.70. The molecule has 0 saturated heterocycles. The molecule has 0 saturated carbocycles. The van der Waals surface area contributed by atoms with Crippen LogP contribution in [-0.2, 0) is 0 Å². The average molecular weight is 201 g/mol. The molecular formula is C12H15N3. The van der Waals surface area contributed by atoms with Gasteiger partial charge in [0.15, 0.2) is 5.82 Å². The summed E-state index contributed by atoms with van der Waals surface area (Å²) in [6.45, 7) is 4.25. The van der Waals surface area contributed by atoms with Crippen molar-refractivity contribution in [2.45, 2.75) is 19.8 Å². The van der Waals surface area contributed by atoms with Crippen LogP contribution in [0.5, 0.6) is 0 Å². The van der Waals surface area contributed by atoms with E-state index < -0.39 is 0 Å². The smallest absolute Gasteiger partial charge is 0.153 e. The highest BCUT2D eigenvalue weighted by Crippen LogP contribution is 2.31. The van der Waals surface area contributed by atoms with Gasteiger partial charge in [-0.2, -0.15) is 5.10 Å². The highest BCUT2D eigenvalue weighted by Gasteiger charge is 2.14. The Bertz CT molecular complexity index is 443. The van der Waals surface area contributed by atoms with Crippen LogP contribution in [0, 0.1) is 0 Å². The monoisotopic (exact) mass is 201 g/mol. The molecule has 1 heterocycles. The predicted octanol–water partition coefficient (Wildman–Crippen LogP) is 2.78. The summed E-state index contributed by atoms with van der Waals surface area (Å²) in [6, 6.07) is 10.1. The van der Waals surface area contributed by atoms with Gasteiger partial charge in [0.25, 0.3) is 0 Å². The van der Waals surface area contributed by atoms with Crippen LogP contribution in [0.4, 0.5) is 5.82 Å². The van der Waals surface area contributed by atoms with Gasteiger partial charge in [-0.25, -0.2) is 0 Å². The Kier molecular flexibility index (Phi) is 2.46. The Balaban J connectivity index is 2.57. The van der Waals surface area contributed by atoms with Gasteiger partial charge in [0, 0.05) is 11.3 Å². The van der Waals surface area contributed by atoms with Crippen molar-refractivity contribution in [1.29, 1.82) is 0 Å². The number of nitrogens with zero attached hydrogens (tertiary/aromatic N) is 1. The number of aromatic nitrogens is 2. The standard InChI is InChI=1S/C12H15N3/c1-8(2)11-10(12(13)15-14-11)9-6-4-3-5-7-9/h3-8H,1-2H3,(H3,13,14,15). The van der Waals surface area contributed by atoms with E-state index in [1.165, 1.54) is 0 Å². The van der Waals surface area contributed by atoms with Gasteiger partial charge >= 0.3 is 0 Å². The molecule has 0 spiro atoms. The number of benzene rings is 1.